The standard InChI is InChI=1S/C15H31NOS/c1-8-15(6,9-2)12(3)16(7)13(17)10-11-14(4,5)18/h12,18H,8-11H2,1-7H3. The summed E-state index contributed by atoms with van der Waals surface area (Å²) in [6.45, 7) is 12.9. The molecule has 0 rings (SSSR count). The summed E-state index contributed by atoms with van der Waals surface area (Å²) >= 11 is 4.47. The molecule has 1 unspecified atom stereocenters. The zero-order chi connectivity index (χ0) is 14.6. The highest BCUT2D eigenvalue weighted by Gasteiger charge is 2.32. The fraction of sp³-hybridized carbons (Fsp3) is 0.933. The van der Waals surface area contributed by atoms with Crippen LogP contribution in [0, 0.1) is 5.41 Å². The van der Waals surface area contributed by atoms with Crippen LogP contribution < -0.4 is 0 Å². The third kappa shape index (κ3) is 5.21. The normalized spacial score (nSPS) is 14.4. The number of amides is 1. The number of carbonyl (C=O) groups is 1. The molecular weight excluding hydrogens is 242 g/mol. The quantitative estimate of drug-likeness (QED) is 0.691. The lowest BCUT2D eigenvalue weighted by atomic mass is 9.77. The highest BCUT2D eigenvalue weighted by atomic mass is 32.1. The van der Waals surface area contributed by atoms with Gasteiger partial charge in [0.15, 0.2) is 0 Å². The molecule has 0 fully saturated rings. The molecule has 0 aromatic carbocycles. The summed E-state index contributed by atoms with van der Waals surface area (Å²) in [7, 11) is 1.93. The predicted molar refractivity (Wildman–Crippen MR) is 83.2 cm³/mol. The zero-order valence-electron chi connectivity index (χ0n) is 13.2. The van der Waals surface area contributed by atoms with Gasteiger partial charge in [-0.05, 0) is 31.6 Å². The summed E-state index contributed by atoms with van der Waals surface area (Å²) in [6.07, 6.45) is 3.60. The van der Waals surface area contributed by atoms with Crippen LogP contribution >= 0.6 is 12.6 Å². The summed E-state index contributed by atoms with van der Waals surface area (Å²) < 4.78 is -0.0709. The number of nitrogens with zero attached hydrogens (tertiary/aromatic N) is 1. The lowest BCUT2D eigenvalue weighted by Gasteiger charge is -2.40. The average molecular weight is 273 g/mol. The second-order valence-electron chi connectivity index (χ2n) is 6.35. The van der Waals surface area contributed by atoms with Crippen molar-refractivity contribution in [3.8, 4) is 0 Å². The van der Waals surface area contributed by atoms with Gasteiger partial charge in [-0.2, -0.15) is 12.6 Å². The minimum absolute atomic E-state index is 0.0709. The average Bonchev–Trinajstić information content (AvgIpc) is 2.32. The van der Waals surface area contributed by atoms with Crippen LogP contribution in [0.25, 0.3) is 0 Å². The van der Waals surface area contributed by atoms with Gasteiger partial charge in [-0.15, -0.1) is 0 Å². The number of carbonyl (C=O) groups excluding carboxylic acids is 1. The Hall–Kier alpha value is -0.180. The maximum atomic E-state index is 12.2. The molecule has 0 N–H and O–H groups in total. The number of rotatable bonds is 7. The number of hydrogen-bond acceptors (Lipinski definition) is 2. The second kappa shape index (κ2) is 6.83. The Morgan fingerprint density at radius 1 is 1.22 bits per heavy atom. The fourth-order valence-corrected chi connectivity index (χ4v) is 2.23. The van der Waals surface area contributed by atoms with E-state index in [1.54, 1.807) is 0 Å². The van der Waals surface area contributed by atoms with E-state index in [4.69, 9.17) is 0 Å². The first-order valence-corrected chi connectivity index (χ1v) is 7.50. The van der Waals surface area contributed by atoms with E-state index in [0.29, 0.717) is 6.42 Å². The van der Waals surface area contributed by atoms with Crippen molar-refractivity contribution in [1.29, 1.82) is 0 Å². The van der Waals surface area contributed by atoms with Gasteiger partial charge in [0.25, 0.3) is 0 Å². The molecule has 2 nitrogen and oxygen atoms in total. The van der Waals surface area contributed by atoms with Crippen molar-refractivity contribution in [1.82, 2.24) is 4.90 Å². The molecule has 108 valence electrons. The predicted octanol–water partition coefficient (Wildman–Crippen LogP) is 4.15. The molecule has 0 aliphatic carbocycles. The first kappa shape index (κ1) is 17.8. The van der Waals surface area contributed by atoms with Gasteiger partial charge in [0.2, 0.25) is 5.91 Å². The van der Waals surface area contributed by atoms with Gasteiger partial charge < -0.3 is 4.90 Å². The van der Waals surface area contributed by atoms with Crippen molar-refractivity contribution in [2.75, 3.05) is 7.05 Å². The van der Waals surface area contributed by atoms with Gasteiger partial charge in [-0.3, -0.25) is 4.79 Å². The van der Waals surface area contributed by atoms with E-state index in [0.717, 1.165) is 19.3 Å². The van der Waals surface area contributed by atoms with Crippen LogP contribution in [0.15, 0.2) is 0 Å². The summed E-state index contributed by atoms with van der Waals surface area (Å²) in [6, 6.07) is 0.281. The fourth-order valence-electron chi connectivity index (χ4n) is 2.11. The largest absolute Gasteiger partial charge is 0.343 e. The molecule has 1 atom stereocenters. The van der Waals surface area contributed by atoms with Crippen LogP contribution in [0.2, 0.25) is 0 Å². The van der Waals surface area contributed by atoms with Gasteiger partial charge in [0.1, 0.15) is 0 Å². The highest BCUT2D eigenvalue weighted by molar-refractivity contribution is 7.81. The Morgan fingerprint density at radius 2 is 1.67 bits per heavy atom. The minimum atomic E-state index is -0.0709. The minimum Gasteiger partial charge on any atom is -0.343 e. The smallest absolute Gasteiger partial charge is 0.222 e. The summed E-state index contributed by atoms with van der Waals surface area (Å²) in [5, 5.41) is 0. The molecule has 0 saturated heterocycles. The van der Waals surface area contributed by atoms with Crippen molar-refractivity contribution >= 4 is 18.5 Å². The topological polar surface area (TPSA) is 20.3 Å². The van der Waals surface area contributed by atoms with E-state index in [-0.39, 0.29) is 22.1 Å². The Labute approximate surface area is 119 Å². The van der Waals surface area contributed by atoms with Crippen LogP contribution in [0.3, 0.4) is 0 Å². The van der Waals surface area contributed by atoms with Crippen molar-refractivity contribution in [3.05, 3.63) is 0 Å². The molecule has 0 aromatic heterocycles. The SMILES string of the molecule is CCC(C)(CC)C(C)N(C)C(=O)CCC(C)(C)S. The monoisotopic (exact) mass is 273 g/mol. The molecule has 18 heavy (non-hydrogen) atoms. The zero-order valence-corrected chi connectivity index (χ0v) is 14.1. The Bertz CT molecular complexity index is 266. The van der Waals surface area contributed by atoms with Crippen LogP contribution in [-0.2, 0) is 4.79 Å². The van der Waals surface area contributed by atoms with Gasteiger partial charge in [-0.1, -0.05) is 34.6 Å². The third-order valence-electron chi connectivity index (χ3n) is 4.55. The molecule has 0 aliphatic rings. The summed E-state index contributed by atoms with van der Waals surface area (Å²) in [5.74, 6) is 0.234. The molecule has 0 heterocycles. The molecule has 0 radical (unpaired) electrons. The van der Waals surface area contributed by atoms with Crippen LogP contribution in [0.5, 0.6) is 0 Å². The van der Waals surface area contributed by atoms with E-state index >= 15 is 0 Å². The maximum Gasteiger partial charge on any atom is 0.222 e. The van der Waals surface area contributed by atoms with Crippen LogP contribution in [0.4, 0.5) is 0 Å². The van der Waals surface area contributed by atoms with Gasteiger partial charge in [-0.25, -0.2) is 0 Å². The maximum absolute atomic E-state index is 12.2. The molecule has 0 spiro atoms. The molecule has 0 aromatic rings. The molecule has 0 bridgehead atoms. The van der Waals surface area contributed by atoms with E-state index in [9.17, 15) is 4.79 Å². The van der Waals surface area contributed by atoms with Crippen LogP contribution in [0.1, 0.15) is 67.2 Å². The van der Waals surface area contributed by atoms with E-state index in [1.807, 2.05) is 11.9 Å². The lowest BCUT2D eigenvalue weighted by Crippen LogP contribution is -2.45. The van der Waals surface area contributed by atoms with Gasteiger partial charge in [0, 0.05) is 24.3 Å². The van der Waals surface area contributed by atoms with E-state index in [2.05, 4.69) is 54.2 Å². The van der Waals surface area contributed by atoms with Gasteiger partial charge in [0.05, 0.1) is 0 Å². The number of thiol groups is 1. The summed E-state index contributed by atoms with van der Waals surface area (Å²) in [4.78, 5) is 14.1. The van der Waals surface area contributed by atoms with Crippen molar-refractivity contribution < 1.29 is 4.79 Å². The number of hydrogen-bond donors (Lipinski definition) is 1. The molecular formula is C15H31NOS. The first-order chi connectivity index (χ1) is 8.07. The third-order valence-corrected chi connectivity index (χ3v) is 4.77. The van der Waals surface area contributed by atoms with Gasteiger partial charge >= 0.3 is 0 Å². The molecule has 0 aliphatic heterocycles. The van der Waals surface area contributed by atoms with Crippen LogP contribution in [-0.4, -0.2) is 28.6 Å². The van der Waals surface area contributed by atoms with Crippen molar-refractivity contribution in [2.45, 2.75) is 78.0 Å². The lowest BCUT2D eigenvalue weighted by molar-refractivity contribution is -0.134. The second-order valence-corrected chi connectivity index (χ2v) is 7.56. The molecule has 0 saturated carbocycles. The Kier molecular flexibility index (Phi) is 6.77. The first-order valence-electron chi connectivity index (χ1n) is 7.05. The molecule has 1 amide bonds. The highest BCUT2D eigenvalue weighted by Crippen LogP contribution is 2.33. The van der Waals surface area contributed by atoms with E-state index < -0.39 is 0 Å². The summed E-state index contributed by atoms with van der Waals surface area (Å²) in [5.41, 5.74) is 0.209. The van der Waals surface area contributed by atoms with Crippen molar-refractivity contribution in [2.24, 2.45) is 5.41 Å². The van der Waals surface area contributed by atoms with Crippen molar-refractivity contribution in [3.63, 3.8) is 0 Å². The Balaban J connectivity index is 4.55. The van der Waals surface area contributed by atoms with E-state index in [1.165, 1.54) is 0 Å². The molecule has 3 heteroatoms. The Morgan fingerprint density at radius 3 is 2.00 bits per heavy atom.